The van der Waals surface area contributed by atoms with Crippen LogP contribution in [0.25, 0.3) is 0 Å². The van der Waals surface area contributed by atoms with Gasteiger partial charge in [-0.25, -0.2) is 9.36 Å². The standard InChI is InChI=1S/C15H17BrN3O8P/c16-8-1-3-9(4-2-8)18-28(24,25)26-7-10-12(21)13(22)14(27-10)19-6-5-11(20)17-15(19)23/h1-6,10,12-14,21-22H,7H2,(H,17,20,23)(H2,18,24,25)/t10-,12-,13-,14-/m1/s1. The number of hydrogen-bond donors (Lipinski definition) is 5. The van der Waals surface area contributed by atoms with E-state index >= 15 is 0 Å². The zero-order chi connectivity index (χ0) is 20.5. The molecule has 13 heteroatoms. The Morgan fingerprint density at radius 3 is 2.54 bits per heavy atom. The first kappa shape index (κ1) is 20.9. The zero-order valence-electron chi connectivity index (χ0n) is 14.1. The van der Waals surface area contributed by atoms with Gasteiger partial charge in [0.15, 0.2) is 6.23 Å². The Labute approximate surface area is 166 Å². The van der Waals surface area contributed by atoms with Gasteiger partial charge in [0.05, 0.1) is 6.61 Å². The second-order valence-corrected chi connectivity index (χ2v) is 8.44. The van der Waals surface area contributed by atoms with Crippen molar-refractivity contribution < 1.29 is 28.9 Å². The van der Waals surface area contributed by atoms with Crippen molar-refractivity contribution >= 4 is 29.4 Å². The number of aromatic nitrogens is 2. The van der Waals surface area contributed by atoms with Crippen LogP contribution in [0.5, 0.6) is 0 Å². The third-order valence-electron chi connectivity index (χ3n) is 3.99. The molecule has 152 valence electrons. The Hall–Kier alpha value is -1.79. The number of nitrogens with zero attached hydrogens (tertiary/aromatic N) is 1. The summed E-state index contributed by atoms with van der Waals surface area (Å²) < 4.78 is 24.2. The minimum absolute atomic E-state index is 0.333. The maximum atomic E-state index is 12.2. The van der Waals surface area contributed by atoms with Gasteiger partial charge in [-0.15, -0.1) is 0 Å². The lowest BCUT2D eigenvalue weighted by atomic mass is 10.1. The number of aliphatic hydroxyl groups excluding tert-OH is 2. The molecule has 1 unspecified atom stereocenters. The molecule has 5 atom stereocenters. The predicted molar refractivity (Wildman–Crippen MR) is 101 cm³/mol. The number of ether oxygens (including phenoxy) is 1. The van der Waals surface area contributed by atoms with E-state index in [2.05, 4.69) is 21.0 Å². The van der Waals surface area contributed by atoms with Crippen LogP contribution in [0.3, 0.4) is 0 Å². The molecule has 0 bridgehead atoms. The highest BCUT2D eigenvalue weighted by atomic mass is 79.9. The van der Waals surface area contributed by atoms with Crippen LogP contribution in [0.4, 0.5) is 5.69 Å². The average molecular weight is 478 g/mol. The van der Waals surface area contributed by atoms with Gasteiger partial charge in [-0.2, -0.15) is 0 Å². The minimum atomic E-state index is -4.29. The maximum Gasteiger partial charge on any atom is 0.430 e. The number of H-pyrrole nitrogens is 1. The molecular weight excluding hydrogens is 461 g/mol. The number of halogens is 1. The Bertz CT molecular complexity index is 994. The highest BCUT2D eigenvalue weighted by Crippen LogP contribution is 2.43. The molecule has 1 aromatic heterocycles. The van der Waals surface area contributed by atoms with Crippen LogP contribution in [-0.2, 0) is 13.8 Å². The molecule has 0 radical (unpaired) electrons. The number of anilines is 1. The number of benzene rings is 1. The molecule has 1 saturated heterocycles. The lowest BCUT2D eigenvalue weighted by Crippen LogP contribution is -2.37. The molecule has 3 rings (SSSR count). The highest BCUT2D eigenvalue weighted by molar-refractivity contribution is 9.10. The van der Waals surface area contributed by atoms with Gasteiger partial charge in [0.25, 0.3) is 5.56 Å². The summed E-state index contributed by atoms with van der Waals surface area (Å²) in [5, 5.41) is 22.6. The number of rotatable bonds is 6. The fourth-order valence-electron chi connectivity index (χ4n) is 2.62. The monoisotopic (exact) mass is 477 g/mol. The van der Waals surface area contributed by atoms with Gasteiger partial charge in [0.2, 0.25) is 0 Å². The van der Waals surface area contributed by atoms with Crippen molar-refractivity contribution in [3.63, 3.8) is 0 Å². The lowest BCUT2D eigenvalue weighted by Gasteiger charge is -2.19. The minimum Gasteiger partial charge on any atom is -0.387 e. The first-order valence-electron chi connectivity index (χ1n) is 8.00. The first-order chi connectivity index (χ1) is 13.2. The van der Waals surface area contributed by atoms with Gasteiger partial charge < -0.3 is 19.8 Å². The van der Waals surface area contributed by atoms with Crippen molar-refractivity contribution in [2.45, 2.75) is 24.5 Å². The molecule has 0 amide bonds. The SMILES string of the molecule is O=c1ccn([C@@H]2O[C@H](COP(=O)(O)Nc3ccc(Br)cc3)[C@@H](O)[C@H]2O)c(=O)[nH]1. The molecule has 28 heavy (non-hydrogen) atoms. The molecule has 2 aromatic rings. The number of aromatic amines is 1. The summed E-state index contributed by atoms with van der Waals surface area (Å²) in [7, 11) is -4.29. The van der Waals surface area contributed by atoms with E-state index in [0.717, 1.165) is 21.3 Å². The first-order valence-corrected chi connectivity index (χ1v) is 10.4. The van der Waals surface area contributed by atoms with Gasteiger partial charge >= 0.3 is 13.4 Å². The van der Waals surface area contributed by atoms with Crippen molar-refractivity contribution in [3.05, 3.63) is 61.8 Å². The van der Waals surface area contributed by atoms with Gasteiger partial charge in [-0.05, 0) is 24.3 Å². The summed E-state index contributed by atoms with van der Waals surface area (Å²) in [6.45, 7) is -0.538. The van der Waals surface area contributed by atoms with E-state index in [4.69, 9.17) is 9.26 Å². The summed E-state index contributed by atoms with van der Waals surface area (Å²) in [5.74, 6) is 0. The van der Waals surface area contributed by atoms with Gasteiger partial charge in [0, 0.05) is 22.4 Å². The zero-order valence-corrected chi connectivity index (χ0v) is 16.6. The van der Waals surface area contributed by atoms with Crippen molar-refractivity contribution in [1.29, 1.82) is 0 Å². The van der Waals surface area contributed by atoms with Crippen LogP contribution in [-0.4, -0.2) is 49.6 Å². The molecule has 2 heterocycles. The molecule has 1 aliphatic rings. The second-order valence-electron chi connectivity index (χ2n) is 6.00. The Balaban J connectivity index is 1.65. The van der Waals surface area contributed by atoms with E-state index in [-0.39, 0.29) is 0 Å². The van der Waals surface area contributed by atoms with Crippen LogP contribution in [0.1, 0.15) is 6.23 Å². The molecule has 1 aliphatic heterocycles. The Morgan fingerprint density at radius 1 is 1.21 bits per heavy atom. The fourth-order valence-corrected chi connectivity index (χ4v) is 3.77. The van der Waals surface area contributed by atoms with Crippen molar-refractivity contribution in [3.8, 4) is 0 Å². The summed E-state index contributed by atoms with van der Waals surface area (Å²) in [4.78, 5) is 34.9. The van der Waals surface area contributed by atoms with Gasteiger partial charge in [0.1, 0.15) is 18.3 Å². The van der Waals surface area contributed by atoms with Crippen molar-refractivity contribution in [2.24, 2.45) is 0 Å². The third-order valence-corrected chi connectivity index (χ3v) is 5.56. The number of aliphatic hydroxyl groups is 2. The van der Waals surface area contributed by atoms with Crippen LogP contribution in [0, 0.1) is 0 Å². The predicted octanol–water partition coefficient (Wildman–Crippen LogP) is 0.147. The molecule has 1 aromatic carbocycles. The van der Waals surface area contributed by atoms with Crippen LogP contribution >= 0.6 is 23.7 Å². The van der Waals surface area contributed by atoms with Crippen molar-refractivity contribution in [1.82, 2.24) is 9.55 Å². The summed E-state index contributed by atoms with van der Waals surface area (Å²) in [5.41, 5.74) is -1.14. The third kappa shape index (κ3) is 4.78. The largest absolute Gasteiger partial charge is 0.430 e. The van der Waals surface area contributed by atoms with E-state index in [9.17, 15) is 29.3 Å². The van der Waals surface area contributed by atoms with E-state index in [0.29, 0.717) is 5.69 Å². The number of hydrogen-bond acceptors (Lipinski definition) is 7. The molecule has 1 fully saturated rings. The molecule has 5 N–H and O–H groups in total. The molecule has 0 aliphatic carbocycles. The van der Waals surface area contributed by atoms with Crippen molar-refractivity contribution in [2.75, 3.05) is 11.7 Å². The summed E-state index contributed by atoms with van der Waals surface area (Å²) in [6.07, 6.45) is -4.39. The van der Waals surface area contributed by atoms with Crippen LogP contribution in [0.15, 0.2) is 50.6 Å². The topological polar surface area (TPSA) is 163 Å². The summed E-state index contributed by atoms with van der Waals surface area (Å²) >= 11 is 3.24. The van der Waals surface area contributed by atoms with E-state index in [1.807, 2.05) is 4.98 Å². The molecule has 0 spiro atoms. The smallest absolute Gasteiger partial charge is 0.387 e. The average Bonchev–Trinajstić information content (AvgIpc) is 2.90. The normalized spacial score (nSPS) is 26.7. The van der Waals surface area contributed by atoms with E-state index < -0.39 is 50.1 Å². The second kappa shape index (κ2) is 8.29. The lowest BCUT2D eigenvalue weighted by molar-refractivity contribution is -0.0524. The Morgan fingerprint density at radius 2 is 1.89 bits per heavy atom. The molecule has 0 saturated carbocycles. The van der Waals surface area contributed by atoms with Gasteiger partial charge in [-0.3, -0.25) is 24.0 Å². The van der Waals surface area contributed by atoms with Crippen LogP contribution < -0.4 is 16.3 Å². The van der Waals surface area contributed by atoms with Crippen LogP contribution in [0.2, 0.25) is 0 Å². The van der Waals surface area contributed by atoms with E-state index in [1.54, 1.807) is 24.3 Å². The maximum absolute atomic E-state index is 12.2. The quantitative estimate of drug-likeness (QED) is 0.364. The number of nitrogens with one attached hydrogen (secondary N) is 2. The Kier molecular flexibility index (Phi) is 6.20. The fraction of sp³-hybridized carbons (Fsp3) is 0.333. The van der Waals surface area contributed by atoms with Gasteiger partial charge in [-0.1, -0.05) is 15.9 Å². The highest BCUT2D eigenvalue weighted by Gasteiger charge is 2.45. The molecule has 11 nitrogen and oxygen atoms in total. The molecular formula is C15H17BrN3O8P. The summed E-state index contributed by atoms with van der Waals surface area (Å²) in [6, 6.07) is 7.49. The van der Waals surface area contributed by atoms with E-state index in [1.165, 1.54) is 0 Å².